The van der Waals surface area contributed by atoms with Gasteiger partial charge in [-0.2, -0.15) is 0 Å². The molecule has 0 bridgehead atoms. The third-order valence-electron chi connectivity index (χ3n) is 12.6. The first-order valence-corrected chi connectivity index (χ1v) is 14.0. The van der Waals surface area contributed by atoms with Crippen LogP contribution in [0.3, 0.4) is 0 Å². The summed E-state index contributed by atoms with van der Waals surface area (Å²) in [4.78, 5) is 12.8. The fraction of sp³-hybridized carbons (Fsp3) is 0.774. The molecule has 35 heavy (non-hydrogen) atoms. The quantitative estimate of drug-likeness (QED) is 0.423. The summed E-state index contributed by atoms with van der Waals surface area (Å²) in [5, 5.41) is 14.8. The SMILES string of the molecule is C[C@@H]1c2cnoc2C(C)(C)C2[CH]C[C@]3(C)[C@H](CC=C4C5CC(C)(C)CC[C@]5(C(=O)O)CC[C@]43C)C21. The monoisotopic (exact) mass is 478 g/mol. The third-order valence-corrected chi connectivity index (χ3v) is 12.6. The van der Waals surface area contributed by atoms with Crippen LogP contribution >= 0.6 is 0 Å². The van der Waals surface area contributed by atoms with Crippen LogP contribution in [0.1, 0.15) is 111 Å². The molecule has 0 aromatic carbocycles. The molecule has 3 fully saturated rings. The van der Waals surface area contributed by atoms with Gasteiger partial charge in [-0.1, -0.05) is 65.3 Å². The first kappa shape index (κ1) is 23.8. The maximum atomic E-state index is 12.8. The second-order valence-corrected chi connectivity index (χ2v) is 14.8. The number of aliphatic carboxylic acids is 1. The Morgan fingerprint density at radius 1 is 1.09 bits per heavy atom. The predicted molar refractivity (Wildman–Crippen MR) is 137 cm³/mol. The lowest BCUT2D eigenvalue weighted by molar-refractivity contribution is -0.167. The Morgan fingerprint density at radius 2 is 1.80 bits per heavy atom. The van der Waals surface area contributed by atoms with Gasteiger partial charge in [0.15, 0.2) is 0 Å². The van der Waals surface area contributed by atoms with Crippen molar-refractivity contribution in [1.82, 2.24) is 5.16 Å². The molecule has 3 unspecified atom stereocenters. The van der Waals surface area contributed by atoms with Gasteiger partial charge < -0.3 is 9.63 Å². The molecule has 191 valence electrons. The van der Waals surface area contributed by atoms with Crippen molar-refractivity contribution in [2.75, 3.05) is 0 Å². The Morgan fingerprint density at radius 3 is 2.51 bits per heavy atom. The molecular weight excluding hydrogens is 434 g/mol. The number of carboxylic acids is 1. The largest absolute Gasteiger partial charge is 0.481 e. The van der Waals surface area contributed by atoms with E-state index < -0.39 is 11.4 Å². The molecule has 0 saturated heterocycles. The van der Waals surface area contributed by atoms with Gasteiger partial charge in [0, 0.05) is 11.0 Å². The van der Waals surface area contributed by atoms with Crippen molar-refractivity contribution in [3.05, 3.63) is 35.6 Å². The second kappa shape index (κ2) is 7.04. The number of nitrogens with zero attached hydrogens (tertiary/aromatic N) is 1. The van der Waals surface area contributed by atoms with E-state index in [4.69, 9.17) is 4.52 Å². The zero-order valence-electron chi connectivity index (χ0n) is 22.8. The van der Waals surface area contributed by atoms with Gasteiger partial charge in [-0.05, 0) is 97.2 Å². The van der Waals surface area contributed by atoms with Gasteiger partial charge in [-0.25, -0.2) is 0 Å². The highest BCUT2D eigenvalue weighted by atomic mass is 16.5. The molecule has 0 aliphatic heterocycles. The summed E-state index contributed by atoms with van der Waals surface area (Å²) in [7, 11) is 0. The lowest BCUT2D eigenvalue weighted by Crippen LogP contribution is -2.62. The van der Waals surface area contributed by atoms with E-state index >= 15 is 0 Å². The Labute approximate surface area is 211 Å². The topological polar surface area (TPSA) is 63.3 Å². The summed E-state index contributed by atoms with van der Waals surface area (Å²) < 4.78 is 5.83. The normalized spacial score (nSPS) is 47.3. The van der Waals surface area contributed by atoms with Crippen LogP contribution in [0.5, 0.6) is 0 Å². The van der Waals surface area contributed by atoms with E-state index in [0.717, 1.165) is 50.7 Å². The van der Waals surface area contributed by atoms with E-state index in [9.17, 15) is 9.90 Å². The number of carbonyl (C=O) groups is 1. The fourth-order valence-electron chi connectivity index (χ4n) is 10.2. The average molecular weight is 479 g/mol. The van der Waals surface area contributed by atoms with Crippen molar-refractivity contribution in [2.24, 2.45) is 45.3 Å². The molecular formula is C31H44NO3. The molecule has 5 aliphatic rings. The number of hydrogen-bond donors (Lipinski definition) is 1. The highest BCUT2D eigenvalue weighted by Gasteiger charge is 2.67. The lowest BCUT2D eigenvalue weighted by Gasteiger charge is -2.68. The Balaban J connectivity index is 1.46. The zero-order chi connectivity index (χ0) is 25.2. The van der Waals surface area contributed by atoms with E-state index in [-0.39, 0.29) is 27.6 Å². The molecule has 4 nitrogen and oxygen atoms in total. The minimum atomic E-state index is -0.567. The number of carboxylic acid groups (broad SMARTS) is 1. The predicted octanol–water partition coefficient (Wildman–Crippen LogP) is 7.56. The van der Waals surface area contributed by atoms with Gasteiger partial charge in [0.05, 0.1) is 11.6 Å². The van der Waals surface area contributed by atoms with Crippen LogP contribution in [0, 0.1) is 51.8 Å². The smallest absolute Gasteiger partial charge is 0.310 e. The van der Waals surface area contributed by atoms with Crippen molar-refractivity contribution < 1.29 is 14.4 Å². The first-order chi connectivity index (χ1) is 16.3. The Bertz CT molecular complexity index is 1100. The minimum absolute atomic E-state index is 0.0480. The standard InChI is InChI=1S/C31H44NO3/c1-18-19-17-32-35-25(19)28(4,5)21-10-11-29(6)22(24(18)21)9-8-20-23-16-27(2,3)12-14-31(23,26(33)34)15-13-30(20,29)7/h8,10,17-18,21-24H,9,11-16H2,1-7H3,(H,33,34)/t18-,21?,22-,23?,24?,29-,30-,31+/m1/s1. The van der Waals surface area contributed by atoms with Gasteiger partial charge in [-0.15, -0.1) is 0 Å². The molecule has 5 aliphatic carbocycles. The van der Waals surface area contributed by atoms with Gasteiger partial charge in [0.2, 0.25) is 0 Å². The van der Waals surface area contributed by atoms with Gasteiger partial charge in [-0.3, -0.25) is 4.79 Å². The summed E-state index contributed by atoms with van der Waals surface area (Å²) in [5.74, 6) is 2.73. The highest BCUT2D eigenvalue weighted by molar-refractivity contribution is 5.76. The number of fused-ring (bicyclic) bond motifs is 8. The van der Waals surface area contributed by atoms with Crippen LogP contribution in [0.2, 0.25) is 0 Å². The molecule has 3 saturated carbocycles. The Kier molecular flexibility index (Phi) is 4.79. The van der Waals surface area contributed by atoms with Crippen LogP contribution in [-0.2, 0) is 10.2 Å². The van der Waals surface area contributed by atoms with E-state index in [1.165, 1.54) is 11.1 Å². The molecule has 0 amide bonds. The van der Waals surface area contributed by atoms with Gasteiger partial charge >= 0.3 is 5.97 Å². The summed E-state index contributed by atoms with van der Waals surface area (Å²) in [6.07, 6.45) is 14.0. The van der Waals surface area contributed by atoms with Crippen LogP contribution in [0.4, 0.5) is 0 Å². The summed E-state index contributed by atoms with van der Waals surface area (Å²) in [6, 6.07) is 0. The molecule has 1 aromatic rings. The van der Waals surface area contributed by atoms with Crippen molar-refractivity contribution in [3.63, 3.8) is 0 Å². The molecule has 1 N–H and O–H groups in total. The van der Waals surface area contributed by atoms with E-state index in [1.807, 2.05) is 6.20 Å². The van der Waals surface area contributed by atoms with Crippen LogP contribution in [0.25, 0.3) is 0 Å². The molecule has 1 radical (unpaired) electrons. The van der Waals surface area contributed by atoms with Gasteiger partial charge in [0.1, 0.15) is 5.76 Å². The van der Waals surface area contributed by atoms with Crippen LogP contribution in [0.15, 0.2) is 22.4 Å². The highest BCUT2D eigenvalue weighted by Crippen LogP contribution is 2.73. The molecule has 8 atom stereocenters. The number of aromatic nitrogens is 1. The second-order valence-electron chi connectivity index (χ2n) is 14.8. The lowest BCUT2D eigenvalue weighted by atomic mass is 9.36. The number of rotatable bonds is 1. The molecule has 1 aromatic heterocycles. The number of hydrogen-bond acceptors (Lipinski definition) is 3. The molecule has 6 rings (SSSR count). The van der Waals surface area contributed by atoms with E-state index in [2.05, 4.69) is 66.1 Å². The molecule has 0 spiro atoms. The number of allylic oxidation sites excluding steroid dienone is 2. The van der Waals surface area contributed by atoms with Gasteiger partial charge in [0.25, 0.3) is 0 Å². The van der Waals surface area contributed by atoms with Crippen molar-refractivity contribution >= 4 is 5.97 Å². The summed E-state index contributed by atoms with van der Waals surface area (Å²) >= 11 is 0. The van der Waals surface area contributed by atoms with Crippen molar-refractivity contribution in [2.45, 2.75) is 105 Å². The minimum Gasteiger partial charge on any atom is -0.481 e. The van der Waals surface area contributed by atoms with Crippen LogP contribution < -0.4 is 0 Å². The summed E-state index contributed by atoms with van der Waals surface area (Å²) in [5.41, 5.74) is 2.58. The third kappa shape index (κ3) is 2.80. The fourth-order valence-corrected chi connectivity index (χ4v) is 10.2. The molecule has 1 heterocycles. The average Bonchev–Trinajstić information content (AvgIpc) is 3.28. The van der Waals surface area contributed by atoms with Crippen LogP contribution in [-0.4, -0.2) is 16.2 Å². The molecule has 4 heteroatoms. The maximum absolute atomic E-state index is 12.8. The van der Waals surface area contributed by atoms with E-state index in [0.29, 0.717) is 23.7 Å². The summed E-state index contributed by atoms with van der Waals surface area (Å²) in [6.45, 7) is 16.8. The first-order valence-electron chi connectivity index (χ1n) is 14.0. The van der Waals surface area contributed by atoms with Crippen molar-refractivity contribution in [3.8, 4) is 0 Å². The zero-order valence-corrected chi connectivity index (χ0v) is 22.8. The maximum Gasteiger partial charge on any atom is 0.310 e. The van der Waals surface area contributed by atoms with Crippen molar-refractivity contribution in [1.29, 1.82) is 0 Å². The van der Waals surface area contributed by atoms with E-state index in [1.54, 1.807) is 0 Å². The Hall–Kier alpha value is -1.58.